The topological polar surface area (TPSA) is 50.3 Å². The van der Waals surface area contributed by atoms with E-state index in [0.717, 1.165) is 59.7 Å². The third-order valence-electron chi connectivity index (χ3n) is 5.25. The Balaban J connectivity index is 1.53. The summed E-state index contributed by atoms with van der Waals surface area (Å²) in [4.78, 5) is 11.7. The predicted octanol–water partition coefficient (Wildman–Crippen LogP) is 5.53. The fraction of sp³-hybridized carbons (Fsp3) is 0.167. The number of hydrogen-bond donors (Lipinski definition) is 1. The second kappa shape index (κ2) is 8.30. The first kappa shape index (κ1) is 18.9. The van der Waals surface area contributed by atoms with E-state index in [9.17, 15) is 0 Å². The van der Waals surface area contributed by atoms with Crippen LogP contribution in [-0.2, 0) is 4.74 Å². The van der Waals surface area contributed by atoms with Gasteiger partial charge in [0.05, 0.1) is 30.1 Å². The van der Waals surface area contributed by atoms with Gasteiger partial charge < -0.3 is 15.0 Å². The van der Waals surface area contributed by atoms with E-state index in [4.69, 9.17) is 21.3 Å². The van der Waals surface area contributed by atoms with Crippen LogP contribution in [0.25, 0.3) is 22.0 Å². The largest absolute Gasteiger partial charge is 0.378 e. The standard InChI is InChI=1S/C24H21ClN4O/c25-19-7-3-5-17(15-19)20-8-4-6-18-16-26-24(28-23(18)20)27-21-9-1-2-10-22(21)29-11-13-30-14-12-29/h1-10,15-16H,11-14H2,(H,26,27,28). The smallest absolute Gasteiger partial charge is 0.227 e. The number of morpholine rings is 1. The first-order valence-corrected chi connectivity index (χ1v) is 10.4. The minimum atomic E-state index is 0.567. The number of para-hydroxylation sites is 3. The number of ether oxygens (including phenoxy) is 1. The van der Waals surface area contributed by atoms with E-state index in [1.807, 2.05) is 48.7 Å². The molecule has 5 nitrogen and oxygen atoms in total. The Morgan fingerprint density at radius 2 is 1.77 bits per heavy atom. The van der Waals surface area contributed by atoms with Crippen LogP contribution in [0, 0.1) is 0 Å². The highest BCUT2D eigenvalue weighted by atomic mass is 35.5. The van der Waals surface area contributed by atoms with Gasteiger partial charge in [0.2, 0.25) is 5.95 Å². The maximum atomic E-state index is 6.22. The van der Waals surface area contributed by atoms with Crippen molar-refractivity contribution in [1.82, 2.24) is 9.97 Å². The third-order valence-corrected chi connectivity index (χ3v) is 5.48. The van der Waals surface area contributed by atoms with E-state index in [1.54, 1.807) is 0 Å². The lowest BCUT2D eigenvalue weighted by Gasteiger charge is -2.30. The zero-order chi connectivity index (χ0) is 20.3. The Morgan fingerprint density at radius 3 is 2.63 bits per heavy atom. The van der Waals surface area contributed by atoms with Crippen molar-refractivity contribution in [2.24, 2.45) is 0 Å². The van der Waals surface area contributed by atoms with Crippen LogP contribution >= 0.6 is 11.6 Å². The van der Waals surface area contributed by atoms with Gasteiger partial charge in [-0.15, -0.1) is 0 Å². The molecule has 0 atom stereocenters. The molecule has 2 heterocycles. The average molecular weight is 417 g/mol. The summed E-state index contributed by atoms with van der Waals surface area (Å²) in [6, 6.07) is 22.2. The van der Waals surface area contributed by atoms with Crippen LogP contribution in [0.15, 0.2) is 72.9 Å². The number of hydrogen-bond acceptors (Lipinski definition) is 5. The van der Waals surface area contributed by atoms with E-state index >= 15 is 0 Å². The summed E-state index contributed by atoms with van der Waals surface area (Å²) in [5.74, 6) is 0.567. The number of fused-ring (bicyclic) bond motifs is 1. The Hall–Kier alpha value is -3.15. The number of anilines is 3. The second-order valence-corrected chi connectivity index (χ2v) is 7.63. The molecule has 1 aliphatic rings. The zero-order valence-electron chi connectivity index (χ0n) is 16.4. The van der Waals surface area contributed by atoms with Crippen LogP contribution < -0.4 is 10.2 Å². The Labute approximate surface area is 180 Å². The summed E-state index contributed by atoms with van der Waals surface area (Å²) in [5, 5.41) is 5.11. The predicted molar refractivity (Wildman–Crippen MR) is 123 cm³/mol. The number of benzene rings is 3. The van der Waals surface area contributed by atoms with Gasteiger partial charge in [0.1, 0.15) is 0 Å². The fourth-order valence-corrected chi connectivity index (χ4v) is 3.98. The summed E-state index contributed by atoms with van der Waals surface area (Å²) in [6.45, 7) is 3.22. The molecule has 0 bridgehead atoms. The van der Waals surface area contributed by atoms with Crippen molar-refractivity contribution < 1.29 is 4.74 Å². The van der Waals surface area contributed by atoms with E-state index in [-0.39, 0.29) is 0 Å². The van der Waals surface area contributed by atoms with Crippen LogP contribution in [0.2, 0.25) is 5.02 Å². The number of nitrogens with zero attached hydrogens (tertiary/aromatic N) is 3. The van der Waals surface area contributed by atoms with E-state index in [2.05, 4.69) is 39.5 Å². The van der Waals surface area contributed by atoms with E-state index in [1.165, 1.54) is 0 Å². The van der Waals surface area contributed by atoms with Gasteiger partial charge in [0, 0.05) is 35.3 Å². The highest BCUT2D eigenvalue weighted by molar-refractivity contribution is 6.30. The number of halogens is 1. The molecule has 5 rings (SSSR count). The van der Waals surface area contributed by atoms with Crippen LogP contribution in [0.4, 0.5) is 17.3 Å². The Bertz CT molecular complexity index is 1190. The van der Waals surface area contributed by atoms with Crippen molar-refractivity contribution in [1.29, 1.82) is 0 Å². The molecule has 1 fully saturated rings. The normalized spacial score (nSPS) is 14.1. The van der Waals surface area contributed by atoms with Gasteiger partial charge in [-0.05, 0) is 29.8 Å². The average Bonchev–Trinajstić information content (AvgIpc) is 2.80. The van der Waals surface area contributed by atoms with Crippen LogP contribution in [0.5, 0.6) is 0 Å². The second-order valence-electron chi connectivity index (χ2n) is 7.19. The fourth-order valence-electron chi connectivity index (χ4n) is 3.78. The maximum absolute atomic E-state index is 6.22. The molecular formula is C24H21ClN4O. The minimum Gasteiger partial charge on any atom is -0.378 e. The van der Waals surface area contributed by atoms with Gasteiger partial charge in [-0.3, -0.25) is 0 Å². The number of nitrogens with one attached hydrogen (secondary N) is 1. The molecule has 1 saturated heterocycles. The SMILES string of the molecule is Clc1cccc(-c2cccc3cnc(Nc4ccccc4N4CCOCC4)nc23)c1. The highest BCUT2D eigenvalue weighted by Crippen LogP contribution is 2.31. The molecule has 0 amide bonds. The number of rotatable bonds is 4. The molecule has 4 aromatic rings. The summed E-state index contributed by atoms with van der Waals surface area (Å²) >= 11 is 6.22. The van der Waals surface area contributed by atoms with Crippen molar-refractivity contribution in [2.45, 2.75) is 0 Å². The first-order valence-electron chi connectivity index (χ1n) is 9.98. The molecular weight excluding hydrogens is 396 g/mol. The van der Waals surface area contributed by atoms with E-state index in [0.29, 0.717) is 11.0 Å². The number of aromatic nitrogens is 2. The minimum absolute atomic E-state index is 0.567. The molecule has 150 valence electrons. The maximum Gasteiger partial charge on any atom is 0.227 e. The molecule has 1 aromatic heterocycles. The molecule has 0 radical (unpaired) electrons. The third kappa shape index (κ3) is 3.82. The molecule has 6 heteroatoms. The lowest BCUT2D eigenvalue weighted by molar-refractivity contribution is 0.123. The molecule has 1 aliphatic heterocycles. The van der Waals surface area contributed by atoms with Crippen LogP contribution in [0.1, 0.15) is 0 Å². The summed E-state index contributed by atoms with van der Waals surface area (Å²) in [7, 11) is 0. The molecule has 0 aliphatic carbocycles. The van der Waals surface area contributed by atoms with Crippen LogP contribution in [0.3, 0.4) is 0 Å². The first-order chi connectivity index (χ1) is 14.8. The van der Waals surface area contributed by atoms with Crippen molar-refractivity contribution in [3.8, 4) is 11.1 Å². The van der Waals surface area contributed by atoms with E-state index < -0.39 is 0 Å². The van der Waals surface area contributed by atoms with Gasteiger partial charge in [-0.25, -0.2) is 9.97 Å². The van der Waals surface area contributed by atoms with Gasteiger partial charge in [0.15, 0.2) is 0 Å². The van der Waals surface area contributed by atoms with Crippen molar-refractivity contribution in [3.63, 3.8) is 0 Å². The molecule has 0 unspecified atom stereocenters. The zero-order valence-corrected chi connectivity index (χ0v) is 17.1. The summed E-state index contributed by atoms with van der Waals surface area (Å²) < 4.78 is 5.49. The molecule has 30 heavy (non-hydrogen) atoms. The van der Waals surface area contributed by atoms with Gasteiger partial charge in [-0.2, -0.15) is 0 Å². The van der Waals surface area contributed by atoms with Crippen molar-refractivity contribution >= 4 is 39.8 Å². The van der Waals surface area contributed by atoms with Gasteiger partial charge in [0.25, 0.3) is 0 Å². The van der Waals surface area contributed by atoms with Crippen molar-refractivity contribution in [2.75, 3.05) is 36.5 Å². The summed E-state index contributed by atoms with van der Waals surface area (Å²) in [6.07, 6.45) is 1.86. The Morgan fingerprint density at radius 1 is 0.933 bits per heavy atom. The Kier molecular flexibility index (Phi) is 5.22. The lowest BCUT2D eigenvalue weighted by Crippen LogP contribution is -2.36. The molecule has 3 aromatic carbocycles. The quantitative estimate of drug-likeness (QED) is 0.474. The molecule has 0 saturated carbocycles. The summed E-state index contributed by atoms with van der Waals surface area (Å²) in [5.41, 5.74) is 5.07. The monoisotopic (exact) mass is 416 g/mol. The van der Waals surface area contributed by atoms with Crippen molar-refractivity contribution in [3.05, 3.63) is 77.9 Å². The van der Waals surface area contributed by atoms with Gasteiger partial charge in [-0.1, -0.05) is 54.1 Å². The van der Waals surface area contributed by atoms with Gasteiger partial charge >= 0.3 is 0 Å². The highest BCUT2D eigenvalue weighted by Gasteiger charge is 2.15. The molecule has 0 spiro atoms. The molecule has 1 N–H and O–H groups in total. The van der Waals surface area contributed by atoms with Crippen LogP contribution in [-0.4, -0.2) is 36.3 Å². The lowest BCUT2D eigenvalue weighted by atomic mass is 10.0.